The summed E-state index contributed by atoms with van der Waals surface area (Å²) in [6.07, 6.45) is 1.94. The Hall–Kier alpha value is -2.97. The first kappa shape index (κ1) is 24.2. The van der Waals surface area contributed by atoms with Gasteiger partial charge < -0.3 is 19.6 Å². The van der Waals surface area contributed by atoms with Gasteiger partial charge in [-0.15, -0.1) is 0 Å². The first-order valence-corrected chi connectivity index (χ1v) is 12.1. The molecule has 0 atom stereocenters. The maximum atomic E-state index is 13.0. The Morgan fingerprint density at radius 2 is 1.44 bits per heavy atom. The molecule has 1 aromatic heterocycles. The van der Waals surface area contributed by atoms with Crippen molar-refractivity contribution in [2.75, 3.05) is 71.4 Å². The topological polar surface area (TPSA) is 63.2 Å². The summed E-state index contributed by atoms with van der Waals surface area (Å²) in [5.41, 5.74) is 3.13. The number of anilines is 1. The van der Waals surface area contributed by atoms with Crippen molar-refractivity contribution >= 4 is 17.6 Å². The van der Waals surface area contributed by atoms with Crippen molar-refractivity contribution in [1.29, 1.82) is 0 Å². The zero-order chi connectivity index (χ0) is 24.1. The third kappa shape index (κ3) is 6.12. The number of carbonyl (C=O) groups is 2. The SMILES string of the molecule is CC(=O)N1CCN(Cc2ccc(C(=O)N3CCN(c4ccc(CN(C)C)cn4)CC3)cc2)CC1. The predicted molar refractivity (Wildman–Crippen MR) is 134 cm³/mol. The predicted octanol–water partition coefficient (Wildman–Crippen LogP) is 1.77. The molecule has 0 aliphatic carbocycles. The van der Waals surface area contributed by atoms with Gasteiger partial charge in [0.1, 0.15) is 5.82 Å². The van der Waals surface area contributed by atoms with Crippen LogP contribution in [0.2, 0.25) is 0 Å². The van der Waals surface area contributed by atoms with Crippen LogP contribution in [0.4, 0.5) is 5.82 Å². The number of benzene rings is 1. The van der Waals surface area contributed by atoms with Gasteiger partial charge in [-0.2, -0.15) is 0 Å². The van der Waals surface area contributed by atoms with Crippen LogP contribution in [0.25, 0.3) is 0 Å². The molecular weight excluding hydrogens is 428 g/mol. The molecule has 2 saturated heterocycles. The van der Waals surface area contributed by atoms with Crippen LogP contribution in [-0.4, -0.2) is 103 Å². The van der Waals surface area contributed by atoms with Crippen LogP contribution < -0.4 is 4.90 Å². The summed E-state index contributed by atoms with van der Waals surface area (Å²) in [5.74, 6) is 1.22. The Labute approximate surface area is 202 Å². The number of piperazine rings is 2. The molecule has 2 aliphatic rings. The lowest BCUT2D eigenvalue weighted by molar-refractivity contribution is -0.130. The normalized spacial score (nSPS) is 17.4. The largest absolute Gasteiger partial charge is 0.353 e. The Balaban J connectivity index is 1.26. The van der Waals surface area contributed by atoms with Gasteiger partial charge in [0, 0.05) is 84.1 Å². The van der Waals surface area contributed by atoms with E-state index in [2.05, 4.69) is 58.0 Å². The molecule has 0 saturated carbocycles. The average Bonchev–Trinajstić information content (AvgIpc) is 2.85. The maximum absolute atomic E-state index is 13.0. The second-order valence-electron chi connectivity index (χ2n) is 9.52. The number of carbonyl (C=O) groups excluding carboxylic acids is 2. The zero-order valence-corrected chi connectivity index (χ0v) is 20.6. The number of pyridine rings is 1. The summed E-state index contributed by atoms with van der Waals surface area (Å²) < 4.78 is 0. The quantitative estimate of drug-likeness (QED) is 0.649. The molecule has 8 heteroatoms. The summed E-state index contributed by atoms with van der Waals surface area (Å²) in [6.45, 7) is 9.67. The van der Waals surface area contributed by atoms with Gasteiger partial charge in [0.2, 0.25) is 5.91 Å². The van der Waals surface area contributed by atoms with Gasteiger partial charge >= 0.3 is 0 Å². The molecule has 2 aliphatic heterocycles. The summed E-state index contributed by atoms with van der Waals surface area (Å²) in [4.78, 5) is 39.7. The van der Waals surface area contributed by atoms with Crippen molar-refractivity contribution in [2.45, 2.75) is 20.0 Å². The monoisotopic (exact) mass is 464 g/mol. The molecule has 3 heterocycles. The lowest BCUT2D eigenvalue weighted by atomic mass is 10.1. The molecule has 0 spiro atoms. The highest BCUT2D eigenvalue weighted by Crippen LogP contribution is 2.17. The third-order valence-electron chi connectivity index (χ3n) is 6.62. The Morgan fingerprint density at radius 3 is 2.00 bits per heavy atom. The van der Waals surface area contributed by atoms with Gasteiger partial charge in [-0.3, -0.25) is 14.5 Å². The number of amides is 2. The van der Waals surface area contributed by atoms with Gasteiger partial charge in [0.15, 0.2) is 0 Å². The van der Waals surface area contributed by atoms with E-state index in [0.717, 1.165) is 63.7 Å². The molecule has 0 unspecified atom stereocenters. The molecule has 2 amide bonds. The Morgan fingerprint density at radius 1 is 0.824 bits per heavy atom. The van der Waals surface area contributed by atoms with E-state index in [-0.39, 0.29) is 11.8 Å². The molecule has 2 fully saturated rings. The fraction of sp³-hybridized carbons (Fsp3) is 0.500. The Bertz CT molecular complexity index is 960. The first-order valence-electron chi connectivity index (χ1n) is 12.1. The van der Waals surface area contributed by atoms with Crippen molar-refractivity contribution < 1.29 is 9.59 Å². The minimum absolute atomic E-state index is 0.0931. The number of hydrogen-bond donors (Lipinski definition) is 0. The smallest absolute Gasteiger partial charge is 0.253 e. The van der Waals surface area contributed by atoms with Gasteiger partial charge in [-0.1, -0.05) is 18.2 Å². The van der Waals surface area contributed by atoms with Crippen molar-refractivity contribution in [3.63, 3.8) is 0 Å². The van der Waals surface area contributed by atoms with Crippen molar-refractivity contribution in [3.8, 4) is 0 Å². The standard InChI is InChI=1S/C26H36N6O2/c1-21(33)30-12-10-29(11-13-30)20-22-4-7-24(8-5-22)26(34)32-16-14-31(15-17-32)25-9-6-23(18-27-25)19-28(2)3/h4-9,18H,10-17,19-20H2,1-3H3. The molecule has 0 radical (unpaired) electrons. The van der Waals surface area contributed by atoms with Gasteiger partial charge in [0.05, 0.1) is 0 Å². The number of rotatable bonds is 6. The van der Waals surface area contributed by atoms with E-state index in [0.29, 0.717) is 13.1 Å². The fourth-order valence-electron chi connectivity index (χ4n) is 4.62. The van der Waals surface area contributed by atoms with E-state index in [1.165, 1.54) is 11.1 Å². The van der Waals surface area contributed by atoms with E-state index < -0.39 is 0 Å². The van der Waals surface area contributed by atoms with E-state index >= 15 is 0 Å². The molecule has 2 aromatic rings. The van der Waals surface area contributed by atoms with Crippen molar-refractivity contribution in [1.82, 2.24) is 24.6 Å². The average molecular weight is 465 g/mol. The minimum atomic E-state index is 0.0931. The van der Waals surface area contributed by atoms with Crippen LogP contribution in [0.5, 0.6) is 0 Å². The van der Waals surface area contributed by atoms with E-state index in [1.807, 2.05) is 28.1 Å². The van der Waals surface area contributed by atoms with Gasteiger partial charge in [-0.05, 0) is 43.4 Å². The van der Waals surface area contributed by atoms with Crippen LogP contribution in [0, 0.1) is 0 Å². The second-order valence-corrected chi connectivity index (χ2v) is 9.52. The fourth-order valence-corrected chi connectivity index (χ4v) is 4.62. The van der Waals surface area contributed by atoms with E-state index in [9.17, 15) is 9.59 Å². The highest BCUT2D eigenvalue weighted by atomic mass is 16.2. The lowest BCUT2D eigenvalue weighted by Gasteiger charge is -2.35. The highest BCUT2D eigenvalue weighted by Gasteiger charge is 2.23. The third-order valence-corrected chi connectivity index (χ3v) is 6.62. The second kappa shape index (κ2) is 11.0. The molecular formula is C26H36N6O2. The van der Waals surface area contributed by atoms with E-state index in [4.69, 9.17) is 0 Å². The summed E-state index contributed by atoms with van der Waals surface area (Å²) >= 11 is 0. The van der Waals surface area contributed by atoms with Crippen LogP contribution >= 0.6 is 0 Å². The van der Waals surface area contributed by atoms with Gasteiger partial charge in [-0.25, -0.2) is 4.98 Å². The van der Waals surface area contributed by atoms with Crippen molar-refractivity contribution in [2.24, 2.45) is 0 Å². The van der Waals surface area contributed by atoms with Crippen molar-refractivity contribution in [3.05, 3.63) is 59.3 Å². The number of aromatic nitrogens is 1. The minimum Gasteiger partial charge on any atom is -0.353 e. The number of nitrogens with zero attached hydrogens (tertiary/aromatic N) is 6. The van der Waals surface area contributed by atoms with Crippen LogP contribution in [-0.2, 0) is 17.9 Å². The highest BCUT2D eigenvalue weighted by molar-refractivity contribution is 5.94. The Kier molecular flexibility index (Phi) is 7.80. The summed E-state index contributed by atoms with van der Waals surface area (Å²) in [6, 6.07) is 12.2. The van der Waals surface area contributed by atoms with Crippen LogP contribution in [0.15, 0.2) is 42.6 Å². The summed E-state index contributed by atoms with van der Waals surface area (Å²) in [7, 11) is 4.10. The summed E-state index contributed by atoms with van der Waals surface area (Å²) in [5, 5.41) is 0. The number of hydrogen-bond acceptors (Lipinski definition) is 6. The molecule has 8 nitrogen and oxygen atoms in total. The molecule has 34 heavy (non-hydrogen) atoms. The molecule has 182 valence electrons. The lowest BCUT2D eigenvalue weighted by Crippen LogP contribution is -2.49. The van der Waals surface area contributed by atoms with Gasteiger partial charge in [0.25, 0.3) is 5.91 Å². The van der Waals surface area contributed by atoms with Crippen LogP contribution in [0.3, 0.4) is 0 Å². The van der Waals surface area contributed by atoms with Crippen LogP contribution in [0.1, 0.15) is 28.4 Å². The maximum Gasteiger partial charge on any atom is 0.253 e. The molecule has 0 bridgehead atoms. The molecule has 0 N–H and O–H groups in total. The first-order chi connectivity index (χ1) is 16.4. The molecule has 4 rings (SSSR count). The van der Waals surface area contributed by atoms with E-state index in [1.54, 1.807) is 6.92 Å². The zero-order valence-electron chi connectivity index (χ0n) is 20.6. The molecule has 1 aromatic carbocycles.